The van der Waals surface area contributed by atoms with Gasteiger partial charge in [0.05, 0.1) is 12.0 Å². The summed E-state index contributed by atoms with van der Waals surface area (Å²) < 4.78 is 6.81. The number of hydrogen-bond acceptors (Lipinski definition) is 7. The summed E-state index contributed by atoms with van der Waals surface area (Å²) in [5.74, 6) is 0.0202. The number of ether oxygens (including phenoxy) is 1. The van der Waals surface area contributed by atoms with Gasteiger partial charge in [-0.1, -0.05) is 6.92 Å². The van der Waals surface area contributed by atoms with E-state index in [2.05, 4.69) is 26.7 Å². The number of fused-ring (bicyclic) bond motifs is 1. The van der Waals surface area contributed by atoms with Gasteiger partial charge in [0.1, 0.15) is 11.2 Å². The van der Waals surface area contributed by atoms with Gasteiger partial charge in [-0.3, -0.25) is 9.69 Å². The van der Waals surface area contributed by atoms with E-state index in [1.165, 1.54) is 6.20 Å². The number of hydrogen-bond donors (Lipinski definition) is 0. The van der Waals surface area contributed by atoms with Crippen molar-refractivity contribution in [3.05, 3.63) is 28.2 Å². The fraction of sp³-hybridized carbons (Fsp3) is 0.579. The normalized spacial score (nSPS) is 15.3. The SMILES string of the molecule is CCCN1CCN(c2ncc3c(=O)c(C(=O)OCC)cn(CC)c3n2)CC1. The highest BCUT2D eigenvalue weighted by Crippen LogP contribution is 2.16. The number of aromatic nitrogens is 3. The predicted molar refractivity (Wildman–Crippen MR) is 104 cm³/mol. The lowest BCUT2D eigenvalue weighted by Gasteiger charge is -2.34. The number of carbonyl (C=O) groups is 1. The number of nitrogens with zero attached hydrogens (tertiary/aromatic N) is 5. The molecule has 8 heteroatoms. The Balaban J connectivity index is 1.95. The van der Waals surface area contributed by atoms with Crippen molar-refractivity contribution in [1.82, 2.24) is 19.4 Å². The van der Waals surface area contributed by atoms with E-state index < -0.39 is 5.97 Å². The minimum absolute atomic E-state index is 0.0238. The Hall–Kier alpha value is -2.48. The van der Waals surface area contributed by atoms with Crippen LogP contribution in [0.3, 0.4) is 0 Å². The quantitative estimate of drug-likeness (QED) is 0.710. The van der Waals surface area contributed by atoms with Crippen molar-refractivity contribution in [2.24, 2.45) is 0 Å². The molecule has 1 aliphatic heterocycles. The third-order valence-corrected chi connectivity index (χ3v) is 4.83. The summed E-state index contributed by atoms with van der Waals surface area (Å²) in [6.45, 7) is 11.5. The van der Waals surface area contributed by atoms with Crippen LogP contribution in [0.25, 0.3) is 11.0 Å². The molecule has 146 valence electrons. The van der Waals surface area contributed by atoms with Gasteiger partial charge in [-0.15, -0.1) is 0 Å². The summed E-state index contributed by atoms with van der Waals surface area (Å²) >= 11 is 0. The average Bonchev–Trinajstić information content (AvgIpc) is 2.69. The van der Waals surface area contributed by atoms with Crippen LogP contribution in [-0.4, -0.2) is 64.7 Å². The molecule has 8 nitrogen and oxygen atoms in total. The van der Waals surface area contributed by atoms with Gasteiger partial charge >= 0.3 is 5.97 Å². The number of pyridine rings is 1. The molecule has 0 aliphatic carbocycles. The fourth-order valence-corrected chi connectivity index (χ4v) is 3.40. The lowest BCUT2D eigenvalue weighted by molar-refractivity contribution is 0.0524. The smallest absolute Gasteiger partial charge is 0.343 e. The van der Waals surface area contributed by atoms with Crippen molar-refractivity contribution in [3.63, 3.8) is 0 Å². The molecule has 0 amide bonds. The molecule has 3 heterocycles. The molecule has 1 fully saturated rings. The van der Waals surface area contributed by atoms with Crippen LogP contribution < -0.4 is 10.3 Å². The van der Waals surface area contributed by atoms with Crippen molar-refractivity contribution < 1.29 is 9.53 Å². The first-order valence-electron chi connectivity index (χ1n) is 9.63. The highest BCUT2D eigenvalue weighted by Gasteiger charge is 2.21. The molecule has 3 rings (SSSR count). The summed E-state index contributed by atoms with van der Waals surface area (Å²) in [7, 11) is 0. The zero-order valence-corrected chi connectivity index (χ0v) is 16.3. The number of esters is 1. The highest BCUT2D eigenvalue weighted by molar-refractivity contribution is 5.93. The maximum Gasteiger partial charge on any atom is 0.343 e. The number of rotatable bonds is 6. The summed E-state index contributed by atoms with van der Waals surface area (Å²) in [4.78, 5) is 38.4. The second-order valence-corrected chi connectivity index (χ2v) is 6.61. The predicted octanol–water partition coefficient (Wildman–Crippen LogP) is 1.52. The number of carbonyl (C=O) groups excluding carboxylic acids is 1. The van der Waals surface area contributed by atoms with Crippen LogP contribution in [0.15, 0.2) is 17.2 Å². The second-order valence-electron chi connectivity index (χ2n) is 6.61. The van der Waals surface area contributed by atoms with Gasteiger partial charge < -0.3 is 14.2 Å². The summed E-state index contributed by atoms with van der Waals surface area (Å²) in [5, 5.41) is 0.343. The molecule has 0 unspecified atom stereocenters. The molecule has 1 saturated heterocycles. The number of anilines is 1. The summed E-state index contributed by atoms with van der Waals surface area (Å²) in [6, 6.07) is 0. The van der Waals surface area contributed by atoms with E-state index in [0.717, 1.165) is 39.1 Å². The van der Waals surface area contributed by atoms with Gasteiger partial charge in [0.15, 0.2) is 0 Å². The van der Waals surface area contributed by atoms with Gasteiger partial charge in [0.25, 0.3) is 0 Å². The first kappa shape index (κ1) is 19.3. The molecule has 0 spiro atoms. The molecular formula is C19H27N5O3. The summed E-state index contributed by atoms with van der Waals surface area (Å²) in [6.07, 6.45) is 4.23. The zero-order chi connectivity index (χ0) is 19.4. The molecule has 0 radical (unpaired) electrons. The molecule has 0 bridgehead atoms. The number of piperazine rings is 1. The van der Waals surface area contributed by atoms with Crippen LogP contribution in [0.4, 0.5) is 5.95 Å². The van der Waals surface area contributed by atoms with Crippen LogP contribution in [0.2, 0.25) is 0 Å². The molecule has 0 N–H and O–H groups in total. The van der Waals surface area contributed by atoms with Crippen molar-refractivity contribution in [2.45, 2.75) is 33.7 Å². The van der Waals surface area contributed by atoms with Crippen LogP contribution in [0.1, 0.15) is 37.6 Å². The topological polar surface area (TPSA) is 80.6 Å². The summed E-state index contributed by atoms with van der Waals surface area (Å²) in [5.41, 5.74) is 0.194. The highest BCUT2D eigenvalue weighted by atomic mass is 16.5. The zero-order valence-electron chi connectivity index (χ0n) is 16.3. The maximum atomic E-state index is 12.7. The van der Waals surface area contributed by atoms with Gasteiger partial charge in [0.2, 0.25) is 11.4 Å². The van der Waals surface area contributed by atoms with E-state index in [-0.39, 0.29) is 17.6 Å². The average molecular weight is 373 g/mol. The van der Waals surface area contributed by atoms with Crippen LogP contribution in [-0.2, 0) is 11.3 Å². The second kappa shape index (κ2) is 8.47. The Kier molecular flexibility index (Phi) is 6.05. The molecule has 2 aromatic rings. The van der Waals surface area contributed by atoms with Crippen molar-refractivity contribution in [1.29, 1.82) is 0 Å². The third kappa shape index (κ3) is 3.95. The van der Waals surface area contributed by atoms with Gasteiger partial charge in [0, 0.05) is 45.1 Å². The van der Waals surface area contributed by atoms with Crippen LogP contribution in [0, 0.1) is 0 Å². The molecule has 0 atom stereocenters. The molecule has 27 heavy (non-hydrogen) atoms. The van der Waals surface area contributed by atoms with Crippen LogP contribution >= 0.6 is 0 Å². The maximum absolute atomic E-state index is 12.7. The van der Waals surface area contributed by atoms with E-state index in [1.807, 2.05) is 11.5 Å². The van der Waals surface area contributed by atoms with Gasteiger partial charge in [-0.05, 0) is 26.8 Å². The Labute approximate surface area is 158 Å². The molecule has 1 aliphatic rings. The first-order chi connectivity index (χ1) is 13.1. The molecule has 0 saturated carbocycles. The van der Waals surface area contributed by atoms with Crippen LogP contribution in [0.5, 0.6) is 0 Å². The minimum Gasteiger partial charge on any atom is -0.462 e. The number of aryl methyl sites for hydroxylation is 1. The molecular weight excluding hydrogens is 346 g/mol. The molecule has 0 aromatic carbocycles. The fourth-order valence-electron chi connectivity index (χ4n) is 3.40. The largest absolute Gasteiger partial charge is 0.462 e. The minimum atomic E-state index is -0.609. The van der Waals surface area contributed by atoms with Gasteiger partial charge in [-0.2, -0.15) is 4.98 Å². The Bertz CT molecular complexity index is 872. The van der Waals surface area contributed by atoms with E-state index in [0.29, 0.717) is 23.5 Å². The lowest BCUT2D eigenvalue weighted by Crippen LogP contribution is -2.47. The van der Waals surface area contributed by atoms with Crippen molar-refractivity contribution >= 4 is 23.0 Å². The molecule has 2 aromatic heterocycles. The van der Waals surface area contributed by atoms with E-state index in [4.69, 9.17) is 4.74 Å². The Morgan fingerprint density at radius 3 is 2.56 bits per heavy atom. The first-order valence-corrected chi connectivity index (χ1v) is 9.63. The third-order valence-electron chi connectivity index (χ3n) is 4.83. The van der Waals surface area contributed by atoms with Gasteiger partial charge in [-0.25, -0.2) is 9.78 Å². The lowest BCUT2D eigenvalue weighted by atomic mass is 10.2. The van der Waals surface area contributed by atoms with Crippen molar-refractivity contribution in [3.8, 4) is 0 Å². The monoisotopic (exact) mass is 373 g/mol. The Morgan fingerprint density at radius 2 is 1.93 bits per heavy atom. The van der Waals surface area contributed by atoms with E-state index >= 15 is 0 Å². The van der Waals surface area contributed by atoms with E-state index in [1.54, 1.807) is 13.1 Å². The van der Waals surface area contributed by atoms with E-state index in [9.17, 15) is 9.59 Å². The Morgan fingerprint density at radius 1 is 1.19 bits per heavy atom. The standard InChI is InChI=1S/C19H27N5O3/c1-4-7-22-8-10-24(11-9-22)19-20-12-14-16(25)15(18(26)27-6-3)13-23(5-2)17(14)21-19/h12-13H,4-11H2,1-3H3. The van der Waals surface area contributed by atoms with Crippen molar-refractivity contribution in [2.75, 3.05) is 44.2 Å².